The second kappa shape index (κ2) is 8.99. The third-order valence-electron chi connectivity index (χ3n) is 3.98. The highest BCUT2D eigenvalue weighted by atomic mass is 35.5. The topological polar surface area (TPSA) is 50.7 Å². The molecule has 6 nitrogen and oxygen atoms in total. The third kappa shape index (κ3) is 5.56. The summed E-state index contributed by atoms with van der Waals surface area (Å²) in [6.07, 6.45) is 3.79. The van der Waals surface area contributed by atoms with E-state index in [1.165, 1.54) is 0 Å². The zero-order valence-electron chi connectivity index (χ0n) is 14.4. The molecule has 1 aromatic heterocycles. The van der Waals surface area contributed by atoms with Crippen molar-refractivity contribution in [2.45, 2.75) is 6.54 Å². The van der Waals surface area contributed by atoms with Crippen LogP contribution in [0.1, 0.15) is 5.56 Å². The fourth-order valence-corrected chi connectivity index (χ4v) is 2.80. The van der Waals surface area contributed by atoms with E-state index in [1.54, 1.807) is 0 Å². The lowest BCUT2D eigenvalue weighted by atomic mass is 10.3. The summed E-state index contributed by atoms with van der Waals surface area (Å²) in [6.45, 7) is 5.35. The quantitative estimate of drug-likeness (QED) is 0.754. The summed E-state index contributed by atoms with van der Waals surface area (Å²) in [7, 11) is 2.05. The average molecular weight is 363 g/mol. The van der Waals surface area contributed by atoms with Crippen LogP contribution in [0.5, 0.6) is 5.75 Å². The van der Waals surface area contributed by atoms with Gasteiger partial charge in [0.05, 0.1) is 13.2 Å². The van der Waals surface area contributed by atoms with Crippen LogP contribution in [0, 0.1) is 0 Å². The molecule has 1 aliphatic heterocycles. The van der Waals surface area contributed by atoms with Gasteiger partial charge in [0.25, 0.3) is 0 Å². The minimum Gasteiger partial charge on any atom is -0.492 e. The molecular formula is C18H23ClN4O2. The number of hydrogen-bond donors (Lipinski definition) is 0. The molecule has 0 N–H and O–H groups in total. The number of ether oxygens (including phenoxy) is 2. The summed E-state index contributed by atoms with van der Waals surface area (Å²) in [6, 6.07) is 7.44. The van der Waals surface area contributed by atoms with E-state index >= 15 is 0 Å². The van der Waals surface area contributed by atoms with Gasteiger partial charge in [-0.25, -0.2) is 9.97 Å². The van der Waals surface area contributed by atoms with E-state index in [0.717, 1.165) is 56.7 Å². The van der Waals surface area contributed by atoms with Gasteiger partial charge in [-0.1, -0.05) is 17.7 Å². The zero-order chi connectivity index (χ0) is 17.5. The minimum atomic E-state index is 0.601. The van der Waals surface area contributed by atoms with E-state index in [4.69, 9.17) is 21.1 Å². The van der Waals surface area contributed by atoms with Gasteiger partial charge in [-0.05, 0) is 25.2 Å². The van der Waals surface area contributed by atoms with E-state index in [1.807, 2.05) is 36.7 Å². The van der Waals surface area contributed by atoms with Crippen molar-refractivity contribution in [1.29, 1.82) is 0 Å². The average Bonchev–Trinajstić information content (AvgIpc) is 2.63. The molecule has 0 amide bonds. The maximum absolute atomic E-state index is 5.95. The highest BCUT2D eigenvalue weighted by Crippen LogP contribution is 2.17. The standard InChI is InChI=1S/C18H23ClN4O2/c1-22(5-10-25-17-4-2-3-16(19)11-17)14-15-12-20-18(21-13-15)23-6-8-24-9-7-23/h2-4,11-13H,5-10,14H2,1H3. The largest absolute Gasteiger partial charge is 0.492 e. The van der Waals surface area contributed by atoms with Crippen LogP contribution in [-0.4, -0.2) is 61.4 Å². The third-order valence-corrected chi connectivity index (χ3v) is 4.21. The molecule has 1 saturated heterocycles. The number of aromatic nitrogens is 2. The van der Waals surface area contributed by atoms with E-state index in [-0.39, 0.29) is 0 Å². The molecule has 0 atom stereocenters. The Morgan fingerprint density at radius 2 is 2.00 bits per heavy atom. The van der Waals surface area contributed by atoms with Gasteiger partial charge >= 0.3 is 0 Å². The predicted octanol–water partition coefficient (Wildman–Crippen LogP) is 2.48. The smallest absolute Gasteiger partial charge is 0.225 e. The molecule has 25 heavy (non-hydrogen) atoms. The molecule has 0 saturated carbocycles. The van der Waals surface area contributed by atoms with Gasteiger partial charge < -0.3 is 14.4 Å². The summed E-state index contributed by atoms with van der Waals surface area (Å²) < 4.78 is 11.1. The van der Waals surface area contributed by atoms with Crippen LogP contribution in [0.25, 0.3) is 0 Å². The molecule has 1 aromatic carbocycles. The highest BCUT2D eigenvalue weighted by Gasteiger charge is 2.13. The van der Waals surface area contributed by atoms with Crippen molar-refractivity contribution >= 4 is 17.5 Å². The molecule has 0 bridgehead atoms. The lowest BCUT2D eigenvalue weighted by molar-refractivity contribution is 0.122. The summed E-state index contributed by atoms with van der Waals surface area (Å²) in [5.41, 5.74) is 1.09. The first-order chi connectivity index (χ1) is 12.2. The van der Waals surface area contributed by atoms with Crippen molar-refractivity contribution in [2.24, 2.45) is 0 Å². The van der Waals surface area contributed by atoms with E-state index in [0.29, 0.717) is 11.6 Å². The lowest BCUT2D eigenvalue weighted by Gasteiger charge is -2.26. The molecule has 0 aliphatic carbocycles. The van der Waals surface area contributed by atoms with E-state index in [2.05, 4.69) is 26.8 Å². The van der Waals surface area contributed by atoms with Crippen molar-refractivity contribution in [3.05, 3.63) is 47.2 Å². The second-order valence-electron chi connectivity index (χ2n) is 6.03. The van der Waals surface area contributed by atoms with Crippen molar-refractivity contribution in [2.75, 3.05) is 51.4 Å². The Labute approximate surface area is 153 Å². The first-order valence-corrected chi connectivity index (χ1v) is 8.79. The first kappa shape index (κ1) is 17.9. The van der Waals surface area contributed by atoms with Crippen LogP contribution < -0.4 is 9.64 Å². The fraction of sp³-hybridized carbons (Fsp3) is 0.444. The molecular weight excluding hydrogens is 340 g/mol. The number of morpholine rings is 1. The Morgan fingerprint density at radius 3 is 2.72 bits per heavy atom. The number of rotatable bonds is 7. The molecule has 7 heteroatoms. The molecule has 0 unspecified atom stereocenters. The molecule has 0 spiro atoms. The van der Waals surface area contributed by atoms with Crippen molar-refractivity contribution < 1.29 is 9.47 Å². The normalized spacial score (nSPS) is 14.8. The van der Waals surface area contributed by atoms with Crippen LogP contribution in [-0.2, 0) is 11.3 Å². The van der Waals surface area contributed by atoms with Gasteiger partial charge in [0.1, 0.15) is 12.4 Å². The van der Waals surface area contributed by atoms with Crippen LogP contribution in [0.15, 0.2) is 36.7 Å². The van der Waals surface area contributed by atoms with Gasteiger partial charge in [0, 0.05) is 49.2 Å². The Kier molecular flexibility index (Phi) is 6.44. The van der Waals surface area contributed by atoms with Crippen LogP contribution in [0.2, 0.25) is 5.02 Å². The molecule has 3 rings (SSSR count). The van der Waals surface area contributed by atoms with E-state index < -0.39 is 0 Å². The summed E-state index contributed by atoms with van der Waals surface area (Å²) in [4.78, 5) is 13.3. The van der Waals surface area contributed by atoms with Crippen molar-refractivity contribution in [3.8, 4) is 5.75 Å². The molecule has 134 valence electrons. The molecule has 0 radical (unpaired) electrons. The van der Waals surface area contributed by atoms with Crippen LogP contribution >= 0.6 is 11.6 Å². The first-order valence-electron chi connectivity index (χ1n) is 8.41. The van der Waals surface area contributed by atoms with Gasteiger partial charge in [-0.3, -0.25) is 4.90 Å². The number of benzene rings is 1. The summed E-state index contributed by atoms with van der Waals surface area (Å²) >= 11 is 5.95. The number of anilines is 1. The van der Waals surface area contributed by atoms with Gasteiger partial charge in [0.15, 0.2) is 0 Å². The monoisotopic (exact) mass is 362 g/mol. The summed E-state index contributed by atoms with van der Waals surface area (Å²) in [5.74, 6) is 1.57. The number of halogens is 1. The minimum absolute atomic E-state index is 0.601. The van der Waals surface area contributed by atoms with E-state index in [9.17, 15) is 0 Å². The summed E-state index contributed by atoms with van der Waals surface area (Å²) in [5, 5.41) is 0.684. The SMILES string of the molecule is CN(CCOc1cccc(Cl)c1)Cc1cnc(N2CCOCC2)nc1. The highest BCUT2D eigenvalue weighted by molar-refractivity contribution is 6.30. The maximum atomic E-state index is 5.95. The zero-order valence-corrected chi connectivity index (χ0v) is 15.2. The Morgan fingerprint density at radius 1 is 1.24 bits per heavy atom. The predicted molar refractivity (Wildman–Crippen MR) is 98.3 cm³/mol. The Hall–Kier alpha value is -1.89. The fourth-order valence-electron chi connectivity index (χ4n) is 2.62. The number of nitrogens with zero attached hydrogens (tertiary/aromatic N) is 4. The maximum Gasteiger partial charge on any atom is 0.225 e. The van der Waals surface area contributed by atoms with Crippen LogP contribution in [0.4, 0.5) is 5.95 Å². The van der Waals surface area contributed by atoms with Crippen molar-refractivity contribution in [3.63, 3.8) is 0 Å². The number of likely N-dealkylation sites (N-methyl/N-ethyl adjacent to an activating group) is 1. The molecule has 2 heterocycles. The molecule has 1 fully saturated rings. The Balaban J connectivity index is 1.43. The van der Waals surface area contributed by atoms with Gasteiger partial charge in [-0.15, -0.1) is 0 Å². The number of hydrogen-bond acceptors (Lipinski definition) is 6. The van der Waals surface area contributed by atoms with Crippen LogP contribution in [0.3, 0.4) is 0 Å². The Bertz CT molecular complexity index is 662. The molecule has 1 aliphatic rings. The lowest BCUT2D eigenvalue weighted by Crippen LogP contribution is -2.37. The van der Waals surface area contributed by atoms with Gasteiger partial charge in [0.2, 0.25) is 5.95 Å². The van der Waals surface area contributed by atoms with Crippen molar-refractivity contribution in [1.82, 2.24) is 14.9 Å². The van der Waals surface area contributed by atoms with Gasteiger partial charge in [-0.2, -0.15) is 0 Å². The second-order valence-corrected chi connectivity index (χ2v) is 6.47. The molecule has 2 aromatic rings.